The number of hydrogen-bond acceptors (Lipinski definition) is 6. The molecule has 2 aromatic rings. The van der Waals surface area contributed by atoms with E-state index in [-0.39, 0.29) is 16.8 Å². The molecule has 1 aromatic heterocycles. The van der Waals surface area contributed by atoms with Crippen LogP contribution in [0.3, 0.4) is 0 Å². The quantitative estimate of drug-likeness (QED) is 0.431. The van der Waals surface area contributed by atoms with E-state index in [1.165, 1.54) is 29.4 Å². The highest BCUT2D eigenvalue weighted by atomic mass is 35.5. The highest BCUT2D eigenvalue weighted by molar-refractivity contribution is 7.16. The van der Waals surface area contributed by atoms with E-state index in [0.29, 0.717) is 17.4 Å². The number of carbonyl (C=O) groups is 2. The van der Waals surface area contributed by atoms with Crippen LogP contribution < -0.4 is 0 Å². The molecule has 0 N–H and O–H groups in total. The number of rotatable bonds is 6. The first kappa shape index (κ1) is 18.9. The van der Waals surface area contributed by atoms with Crippen molar-refractivity contribution < 1.29 is 19.2 Å². The molecular weight excluding hydrogens is 368 g/mol. The molecule has 9 heteroatoms. The number of ether oxygens (including phenoxy) is 1. The van der Waals surface area contributed by atoms with E-state index in [1.807, 2.05) is 6.07 Å². The van der Waals surface area contributed by atoms with Gasteiger partial charge in [-0.05, 0) is 25.1 Å². The second-order valence-electron chi connectivity index (χ2n) is 5.04. The lowest BCUT2D eigenvalue weighted by molar-refractivity contribution is -0.384. The zero-order valence-corrected chi connectivity index (χ0v) is 15.1. The number of thiophene rings is 1. The van der Waals surface area contributed by atoms with Crippen LogP contribution >= 0.6 is 22.9 Å². The standard InChI is InChI=1S/C16H15ClN2O5S/c1-3-18(9-13-4-5-14(17)25-13)15(20)10-6-11(16(21)24-2)8-12(7-10)19(22)23/h4-8H,3,9H2,1-2H3. The highest BCUT2D eigenvalue weighted by Gasteiger charge is 2.22. The van der Waals surface area contributed by atoms with Crippen molar-refractivity contribution in [2.45, 2.75) is 13.5 Å². The molecule has 0 aliphatic rings. The number of benzene rings is 1. The van der Waals surface area contributed by atoms with Gasteiger partial charge in [-0.15, -0.1) is 11.3 Å². The molecule has 0 atom stereocenters. The zero-order chi connectivity index (χ0) is 18.6. The molecule has 0 fully saturated rings. The van der Waals surface area contributed by atoms with Crippen LogP contribution in [0.5, 0.6) is 0 Å². The topological polar surface area (TPSA) is 89.8 Å². The maximum absolute atomic E-state index is 12.7. The molecule has 7 nitrogen and oxygen atoms in total. The van der Waals surface area contributed by atoms with Gasteiger partial charge < -0.3 is 9.64 Å². The van der Waals surface area contributed by atoms with Crippen molar-refractivity contribution >= 4 is 40.5 Å². The van der Waals surface area contributed by atoms with E-state index >= 15 is 0 Å². The van der Waals surface area contributed by atoms with E-state index < -0.39 is 16.8 Å². The lowest BCUT2D eigenvalue weighted by Gasteiger charge is -2.20. The van der Waals surface area contributed by atoms with E-state index in [2.05, 4.69) is 4.74 Å². The van der Waals surface area contributed by atoms with Gasteiger partial charge in [0.15, 0.2) is 0 Å². The third-order valence-electron chi connectivity index (χ3n) is 3.44. The van der Waals surface area contributed by atoms with Gasteiger partial charge in [0.25, 0.3) is 11.6 Å². The first-order valence-electron chi connectivity index (χ1n) is 7.27. The summed E-state index contributed by atoms with van der Waals surface area (Å²) in [6.07, 6.45) is 0. The summed E-state index contributed by atoms with van der Waals surface area (Å²) in [4.78, 5) is 37.3. The Hall–Kier alpha value is -2.45. The molecule has 2 rings (SSSR count). The van der Waals surface area contributed by atoms with Crippen molar-refractivity contribution in [2.75, 3.05) is 13.7 Å². The van der Waals surface area contributed by atoms with E-state index in [0.717, 1.165) is 17.0 Å². The number of halogens is 1. The molecule has 0 radical (unpaired) electrons. The van der Waals surface area contributed by atoms with E-state index in [9.17, 15) is 19.7 Å². The fraction of sp³-hybridized carbons (Fsp3) is 0.250. The Morgan fingerprint density at radius 2 is 1.96 bits per heavy atom. The minimum Gasteiger partial charge on any atom is -0.465 e. The van der Waals surface area contributed by atoms with Crippen molar-refractivity contribution in [3.05, 3.63) is 60.8 Å². The SMILES string of the molecule is CCN(Cc1ccc(Cl)s1)C(=O)c1cc(C(=O)OC)cc([N+](=O)[O-])c1. The van der Waals surface area contributed by atoms with Gasteiger partial charge in [0.2, 0.25) is 0 Å². The van der Waals surface area contributed by atoms with Crippen LogP contribution in [-0.2, 0) is 11.3 Å². The fourth-order valence-corrected chi connectivity index (χ4v) is 3.31. The maximum Gasteiger partial charge on any atom is 0.338 e. The molecule has 132 valence electrons. The largest absolute Gasteiger partial charge is 0.465 e. The average Bonchev–Trinajstić information content (AvgIpc) is 3.02. The smallest absolute Gasteiger partial charge is 0.338 e. The van der Waals surface area contributed by atoms with Crippen LogP contribution in [-0.4, -0.2) is 35.4 Å². The summed E-state index contributed by atoms with van der Waals surface area (Å²) in [5.74, 6) is -1.16. The van der Waals surface area contributed by atoms with E-state index in [4.69, 9.17) is 11.6 Å². The third-order valence-corrected chi connectivity index (χ3v) is 4.66. The Morgan fingerprint density at radius 3 is 2.48 bits per heavy atom. The van der Waals surface area contributed by atoms with Crippen molar-refractivity contribution in [3.63, 3.8) is 0 Å². The first-order valence-corrected chi connectivity index (χ1v) is 8.46. The number of nitro groups is 1. The van der Waals surface area contributed by atoms with Gasteiger partial charge in [0.05, 0.1) is 28.5 Å². The van der Waals surface area contributed by atoms with Crippen LogP contribution in [0.25, 0.3) is 0 Å². The minimum atomic E-state index is -0.745. The molecule has 0 bridgehead atoms. The van der Waals surface area contributed by atoms with Crippen LogP contribution in [0.1, 0.15) is 32.5 Å². The van der Waals surface area contributed by atoms with Crippen LogP contribution in [0.15, 0.2) is 30.3 Å². The van der Waals surface area contributed by atoms with Crippen molar-refractivity contribution in [3.8, 4) is 0 Å². The maximum atomic E-state index is 12.7. The number of nitrogens with zero attached hydrogens (tertiary/aromatic N) is 2. The van der Waals surface area contributed by atoms with Crippen LogP contribution in [0, 0.1) is 10.1 Å². The molecule has 0 saturated heterocycles. The molecular formula is C16H15ClN2O5S. The molecule has 1 aromatic carbocycles. The highest BCUT2D eigenvalue weighted by Crippen LogP contribution is 2.24. The van der Waals surface area contributed by atoms with Crippen LogP contribution in [0.4, 0.5) is 5.69 Å². The molecule has 1 heterocycles. The summed E-state index contributed by atoms with van der Waals surface area (Å²) in [6.45, 7) is 2.51. The first-order chi connectivity index (χ1) is 11.8. The molecule has 0 aliphatic carbocycles. The third kappa shape index (κ3) is 4.55. The van der Waals surface area contributed by atoms with Crippen LogP contribution in [0.2, 0.25) is 4.34 Å². The molecule has 0 unspecified atom stereocenters. The van der Waals surface area contributed by atoms with Gasteiger partial charge in [-0.1, -0.05) is 11.6 Å². The zero-order valence-electron chi connectivity index (χ0n) is 13.5. The normalized spacial score (nSPS) is 10.4. The second-order valence-corrected chi connectivity index (χ2v) is 6.84. The number of amides is 1. The van der Waals surface area contributed by atoms with Gasteiger partial charge in [0, 0.05) is 29.1 Å². The summed E-state index contributed by atoms with van der Waals surface area (Å²) in [5, 5.41) is 11.1. The fourth-order valence-electron chi connectivity index (χ4n) is 2.21. The molecule has 0 aliphatic heterocycles. The predicted octanol–water partition coefficient (Wildman–Crippen LogP) is 3.76. The van der Waals surface area contributed by atoms with Gasteiger partial charge in [0.1, 0.15) is 0 Å². The van der Waals surface area contributed by atoms with Crippen molar-refractivity contribution in [1.29, 1.82) is 0 Å². The number of nitro benzene ring substituents is 1. The Bertz CT molecular complexity index is 821. The summed E-state index contributed by atoms with van der Waals surface area (Å²) < 4.78 is 5.20. The Kier molecular flexibility index (Phi) is 6.11. The number of non-ortho nitro benzene ring substituents is 1. The van der Waals surface area contributed by atoms with Crippen molar-refractivity contribution in [2.24, 2.45) is 0 Å². The number of hydrogen-bond donors (Lipinski definition) is 0. The molecule has 1 amide bonds. The predicted molar refractivity (Wildman–Crippen MR) is 94.2 cm³/mol. The summed E-state index contributed by atoms with van der Waals surface area (Å²) >= 11 is 7.25. The van der Waals surface area contributed by atoms with E-state index in [1.54, 1.807) is 13.0 Å². The molecule has 25 heavy (non-hydrogen) atoms. The van der Waals surface area contributed by atoms with Gasteiger partial charge in [-0.3, -0.25) is 14.9 Å². The Balaban J connectivity index is 2.36. The second kappa shape index (κ2) is 8.09. The lowest BCUT2D eigenvalue weighted by Crippen LogP contribution is -2.30. The van der Waals surface area contributed by atoms with Gasteiger partial charge in [-0.25, -0.2) is 4.79 Å². The Morgan fingerprint density at radius 1 is 1.28 bits per heavy atom. The van der Waals surface area contributed by atoms with Gasteiger partial charge in [-0.2, -0.15) is 0 Å². The summed E-state index contributed by atoms with van der Waals surface area (Å²) in [7, 11) is 1.17. The molecule has 0 saturated carbocycles. The van der Waals surface area contributed by atoms with Crippen molar-refractivity contribution in [1.82, 2.24) is 4.90 Å². The number of methoxy groups -OCH3 is 1. The van der Waals surface area contributed by atoms with Gasteiger partial charge >= 0.3 is 5.97 Å². The number of carbonyl (C=O) groups excluding carboxylic acids is 2. The number of esters is 1. The average molecular weight is 383 g/mol. The monoisotopic (exact) mass is 382 g/mol. The Labute approximate surface area is 152 Å². The summed E-state index contributed by atoms with van der Waals surface area (Å²) in [5.41, 5.74) is -0.337. The minimum absolute atomic E-state index is 0.0460. The lowest BCUT2D eigenvalue weighted by atomic mass is 10.1. The molecule has 0 spiro atoms. The summed E-state index contributed by atoms with van der Waals surface area (Å²) in [6, 6.07) is 7.08.